The molecule has 0 aromatic heterocycles. The zero-order valence-corrected chi connectivity index (χ0v) is 8.77. The van der Waals surface area contributed by atoms with Crippen molar-refractivity contribution in [2.75, 3.05) is 0 Å². The fourth-order valence-electron chi connectivity index (χ4n) is 2.62. The molecule has 0 aromatic rings. The van der Waals surface area contributed by atoms with Crippen LogP contribution in [0, 0.1) is 11.8 Å². The van der Waals surface area contributed by atoms with Gasteiger partial charge in [0.25, 0.3) is 0 Å². The molecule has 3 atom stereocenters. The highest BCUT2D eigenvalue weighted by Gasteiger charge is 2.36. The van der Waals surface area contributed by atoms with E-state index in [0.29, 0.717) is 5.92 Å². The van der Waals surface area contributed by atoms with Crippen molar-refractivity contribution in [1.29, 1.82) is 0 Å². The Morgan fingerprint density at radius 3 is 2.67 bits per heavy atom. The first kappa shape index (κ1) is 10.0. The van der Waals surface area contributed by atoms with Crippen LogP contribution in [0.15, 0.2) is 0 Å². The minimum absolute atomic E-state index is 0.159. The lowest BCUT2D eigenvalue weighted by molar-refractivity contribution is 0.134. The van der Waals surface area contributed by atoms with Gasteiger partial charge in [0, 0.05) is 5.54 Å². The predicted molar refractivity (Wildman–Crippen MR) is 54.0 cm³/mol. The Morgan fingerprint density at radius 2 is 2.08 bits per heavy atom. The lowest BCUT2D eigenvalue weighted by Crippen LogP contribution is -2.50. The summed E-state index contributed by atoms with van der Waals surface area (Å²) in [5.74, 6) is 1.54. The maximum atomic E-state index is 6.40. The van der Waals surface area contributed by atoms with Gasteiger partial charge in [-0.25, -0.2) is 0 Å². The first-order chi connectivity index (χ1) is 5.60. The monoisotopic (exact) mass is 169 g/mol. The molecular formula is C11H23N. The highest BCUT2D eigenvalue weighted by atomic mass is 14.8. The number of hydrogen-bond donors (Lipinski definition) is 1. The van der Waals surface area contributed by atoms with Crippen LogP contribution in [0.3, 0.4) is 0 Å². The summed E-state index contributed by atoms with van der Waals surface area (Å²) in [4.78, 5) is 0. The molecule has 1 rings (SSSR count). The van der Waals surface area contributed by atoms with Gasteiger partial charge >= 0.3 is 0 Å². The second-order valence-electron chi connectivity index (χ2n) is 4.64. The van der Waals surface area contributed by atoms with E-state index in [1.807, 2.05) is 0 Å². The summed E-state index contributed by atoms with van der Waals surface area (Å²) in [6, 6.07) is 0. The summed E-state index contributed by atoms with van der Waals surface area (Å²) in [5.41, 5.74) is 6.56. The van der Waals surface area contributed by atoms with Gasteiger partial charge in [-0.05, 0) is 24.7 Å². The van der Waals surface area contributed by atoms with Gasteiger partial charge in [0.2, 0.25) is 0 Å². The van der Waals surface area contributed by atoms with Gasteiger partial charge in [-0.2, -0.15) is 0 Å². The summed E-state index contributed by atoms with van der Waals surface area (Å²) in [7, 11) is 0. The van der Waals surface area contributed by atoms with Crippen LogP contribution in [0.5, 0.6) is 0 Å². The Hall–Kier alpha value is -0.0400. The molecule has 0 saturated heterocycles. The second kappa shape index (κ2) is 3.78. The molecule has 0 spiro atoms. The first-order valence-electron chi connectivity index (χ1n) is 5.39. The van der Waals surface area contributed by atoms with E-state index < -0.39 is 0 Å². The molecule has 1 saturated carbocycles. The lowest BCUT2D eigenvalue weighted by atomic mass is 9.67. The van der Waals surface area contributed by atoms with E-state index in [-0.39, 0.29) is 5.54 Å². The third-order valence-corrected chi connectivity index (χ3v) is 3.78. The average Bonchev–Trinajstić information content (AvgIpc) is 2.01. The minimum atomic E-state index is 0.159. The number of rotatable bonds is 2. The van der Waals surface area contributed by atoms with E-state index in [1.54, 1.807) is 0 Å². The molecule has 1 nitrogen and oxygen atoms in total. The topological polar surface area (TPSA) is 26.0 Å². The molecule has 2 N–H and O–H groups in total. The van der Waals surface area contributed by atoms with Crippen LogP contribution >= 0.6 is 0 Å². The Kier molecular flexibility index (Phi) is 3.16. The van der Waals surface area contributed by atoms with Crippen LogP contribution in [0.4, 0.5) is 0 Å². The summed E-state index contributed by atoms with van der Waals surface area (Å²) in [5, 5.41) is 0. The first-order valence-corrected chi connectivity index (χ1v) is 5.39. The molecule has 1 heteroatoms. The highest BCUT2D eigenvalue weighted by Crippen LogP contribution is 2.38. The third-order valence-electron chi connectivity index (χ3n) is 3.78. The quantitative estimate of drug-likeness (QED) is 0.675. The molecule has 0 amide bonds. The maximum absolute atomic E-state index is 6.40. The Labute approximate surface area is 76.7 Å². The smallest absolute Gasteiger partial charge is 0.0182 e. The van der Waals surface area contributed by atoms with Crippen LogP contribution in [-0.4, -0.2) is 5.54 Å². The van der Waals surface area contributed by atoms with Crippen LogP contribution in [0.1, 0.15) is 52.9 Å². The van der Waals surface area contributed by atoms with Crippen LogP contribution in [0.25, 0.3) is 0 Å². The van der Waals surface area contributed by atoms with E-state index >= 15 is 0 Å². The average molecular weight is 169 g/mol. The Morgan fingerprint density at radius 1 is 1.42 bits per heavy atom. The van der Waals surface area contributed by atoms with Crippen molar-refractivity contribution in [1.82, 2.24) is 0 Å². The molecule has 0 radical (unpaired) electrons. The van der Waals surface area contributed by atoms with Crippen molar-refractivity contribution in [3.05, 3.63) is 0 Å². The largest absolute Gasteiger partial charge is 0.325 e. The SMILES string of the molecule is CCCC1(N)CCCC(C)C1C. The van der Waals surface area contributed by atoms with Crippen molar-refractivity contribution in [2.45, 2.75) is 58.4 Å². The van der Waals surface area contributed by atoms with Crippen LogP contribution in [0.2, 0.25) is 0 Å². The normalized spacial score (nSPS) is 43.0. The van der Waals surface area contributed by atoms with E-state index in [1.165, 1.54) is 32.1 Å². The van der Waals surface area contributed by atoms with Gasteiger partial charge in [-0.1, -0.05) is 40.0 Å². The molecule has 12 heavy (non-hydrogen) atoms. The molecule has 0 heterocycles. The fourth-order valence-corrected chi connectivity index (χ4v) is 2.62. The number of hydrogen-bond acceptors (Lipinski definition) is 1. The molecule has 0 aliphatic heterocycles. The maximum Gasteiger partial charge on any atom is 0.0182 e. The van der Waals surface area contributed by atoms with Gasteiger partial charge in [-0.3, -0.25) is 0 Å². The predicted octanol–water partition coefficient (Wildman–Crippen LogP) is 2.94. The Balaban J connectivity index is 2.60. The van der Waals surface area contributed by atoms with Gasteiger partial charge in [0.15, 0.2) is 0 Å². The minimum Gasteiger partial charge on any atom is -0.325 e. The van der Waals surface area contributed by atoms with E-state index in [2.05, 4.69) is 20.8 Å². The Bertz CT molecular complexity index is 140. The standard InChI is InChI=1S/C11H23N/c1-4-7-11(12)8-5-6-9(2)10(11)3/h9-10H,4-8,12H2,1-3H3. The highest BCUT2D eigenvalue weighted by molar-refractivity contribution is 4.94. The second-order valence-corrected chi connectivity index (χ2v) is 4.64. The zero-order valence-electron chi connectivity index (χ0n) is 8.77. The van der Waals surface area contributed by atoms with Crippen molar-refractivity contribution in [3.63, 3.8) is 0 Å². The molecule has 0 bridgehead atoms. The summed E-state index contributed by atoms with van der Waals surface area (Å²) >= 11 is 0. The van der Waals surface area contributed by atoms with Gasteiger partial charge < -0.3 is 5.73 Å². The summed E-state index contributed by atoms with van der Waals surface area (Å²) in [6.07, 6.45) is 6.39. The molecule has 3 unspecified atom stereocenters. The summed E-state index contributed by atoms with van der Waals surface area (Å²) in [6.45, 7) is 6.92. The number of nitrogens with two attached hydrogens (primary N) is 1. The van der Waals surface area contributed by atoms with Crippen molar-refractivity contribution < 1.29 is 0 Å². The van der Waals surface area contributed by atoms with Crippen molar-refractivity contribution in [3.8, 4) is 0 Å². The van der Waals surface area contributed by atoms with Crippen LogP contribution in [-0.2, 0) is 0 Å². The molecule has 1 aliphatic carbocycles. The van der Waals surface area contributed by atoms with E-state index in [9.17, 15) is 0 Å². The molecule has 0 aromatic carbocycles. The molecule has 72 valence electrons. The molecule has 1 aliphatic rings. The molecular weight excluding hydrogens is 146 g/mol. The van der Waals surface area contributed by atoms with Crippen molar-refractivity contribution >= 4 is 0 Å². The zero-order chi connectivity index (χ0) is 9.19. The summed E-state index contributed by atoms with van der Waals surface area (Å²) < 4.78 is 0. The van der Waals surface area contributed by atoms with Gasteiger partial charge in [-0.15, -0.1) is 0 Å². The lowest BCUT2D eigenvalue weighted by Gasteiger charge is -2.43. The van der Waals surface area contributed by atoms with Gasteiger partial charge in [0.05, 0.1) is 0 Å². The van der Waals surface area contributed by atoms with Gasteiger partial charge in [0.1, 0.15) is 0 Å². The third kappa shape index (κ3) is 1.82. The van der Waals surface area contributed by atoms with Crippen LogP contribution < -0.4 is 5.73 Å². The fraction of sp³-hybridized carbons (Fsp3) is 1.00. The molecule has 1 fully saturated rings. The van der Waals surface area contributed by atoms with Crippen molar-refractivity contribution in [2.24, 2.45) is 17.6 Å². The van der Waals surface area contributed by atoms with E-state index in [0.717, 1.165) is 5.92 Å². The van der Waals surface area contributed by atoms with E-state index in [4.69, 9.17) is 5.73 Å².